The zero-order valence-corrected chi connectivity index (χ0v) is 18.4. The molecule has 3 rings (SSSR count). The summed E-state index contributed by atoms with van der Waals surface area (Å²) >= 11 is 6.20. The second-order valence-corrected chi connectivity index (χ2v) is 8.38. The molecule has 0 spiro atoms. The lowest BCUT2D eigenvalue weighted by Gasteiger charge is -2.38. The molecular weight excluding hydrogens is 390 g/mol. The monoisotopic (exact) mass is 421 g/mol. The number of piperazine rings is 1. The summed E-state index contributed by atoms with van der Waals surface area (Å²) in [4.78, 5) is 22.8. The maximum absolute atomic E-state index is 12.0. The quantitative estimate of drug-likeness (QED) is 0.580. The fourth-order valence-corrected chi connectivity index (χ4v) is 3.78. The van der Waals surface area contributed by atoms with Crippen LogP contribution in [0.3, 0.4) is 0 Å². The standard InChI is InChI=1S/C21H32ClN5O2/c1-16-4-5-18(22)12-19(16)26-7-9-27(10-8-26)21(24-14-20(28)25(2)3)23-13-17-6-11-29-15-17/h4-5,12,17H,6-11,13-15H2,1-3H3,(H,23,24). The van der Waals surface area contributed by atoms with Gasteiger partial charge in [-0.1, -0.05) is 17.7 Å². The van der Waals surface area contributed by atoms with E-state index < -0.39 is 0 Å². The first kappa shape index (κ1) is 21.7. The van der Waals surface area contributed by atoms with Gasteiger partial charge in [-0.3, -0.25) is 4.79 Å². The number of nitrogens with zero attached hydrogens (tertiary/aromatic N) is 4. The number of guanidine groups is 1. The SMILES string of the molecule is Cc1ccc(Cl)cc1N1CCN(C(=NCC(=O)N(C)C)NCC2CCOC2)CC1. The third kappa shape index (κ3) is 6.00. The number of anilines is 1. The molecule has 2 aliphatic heterocycles. The van der Waals surface area contributed by atoms with Crippen LogP contribution in [0.4, 0.5) is 5.69 Å². The van der Waals surface area contributed by atoms with Crippen molar-refractivity contribution in [1.29, 1.82) is 0 Å². The van der Waals surface area contributed by atoms with Gasteiger partial charge in [-0.15, -0.1) is 0 Å². The molecule has 0 aromatic heterocycles. The summed E-state index contributed by atoms with van der Waals surface area (Å²) in [7, 11) is 3.51. The number of nitrogens with one attached hydrogen (secondary N) is 1. The highest BCUT2D eigenvalue weighted by atomic mass is 35.5. The highest BCUT2D eigenvalue weighted by molar-refractivity contribution is 6.30. The van der Waals surface area contributed by atoms with E-state index in [0.29, 0.717) is 5.92 Å². The Bertz CT molecular complexity index is 726. The van der Waals surface area contributed by atoms with Crippen LogP contribution in [0.2, 0.25) is 5.02 Å². The van der Waals surface area contributed by atoms with E-state index in [4.69, 9.17) is 16.3 Å². The van der Waals surface area contributed by atoms with E-state index >= 15 is 0 Å². The van der Waals surface area contributed by atoms with E-state index in [1.54, 1.807) is 19.0 Å². The molecule has 2 saturated heterocycles. The van der Waals surface area contributed by atoms with Crippen molar-refractivity contribution in [2.45, 2.75) is 13.3 Å². The molecule has 160 valence electrons. The number of hydrogen-bond acceptors (Lipinski definition) is 4. The number of carbonyl (C=O) groups is 1. The molecule has 8 heteroatoms. The van der Waals surface area contributed by atoms with Crippen LogP contribution in [0.5, 0.6) is 0 Å². The fraction of sp³-hybridized carbons (Fsp3) is 0.619. The second-order valence-electron chi connectivity index (χ2n) is 7.94. The summed E-state index contributed by atoms with van der Waals surface area (Å²) in [6.07, 6.45) is 1.07. The van der Waals surface area contributed by atoms with Crippen LogP contribution in [-0.2, 0) is 9.53 Å². The highest BCUT2D eigenvalue weighted by Gasteiger charge is 2.23. The van der Waals surface area contributed by atoms with Gasteiger partial charge >= 0.3 is 0 Å². The molecule has 1 unspecified atom stereocenters. The van der Waals surface area contributed by atoms with E-state index in [-0.39, 0.29) is 12.5 Å². The van der Waals surface area contributed by atoms with Gasteiger partial charge < -0.3 is 24.8 Å². The minimum absolute atomic E-state index is 0.00156. The van der Waals surface area contributed by atoms with Crippen LogP contribution < -0.4 is 10.2 Å². The Morgan fingerprint density at radius 2 is 2.07 bits per heavy atom. The largest absolute Gasteiger partial charge is 0.381 e. The van der Waals surface area contributed by atoms with E-state index in [0.717, 1.165) is 63.3 Å². The van der Waals surface area contributed by atoms with Crippen LogP contribution in [-0.4, -0.2) is 88.2 Å². The predicted molar refractivity (Wildman–Crippen MR) is 118 cm³/mol. The minimum atomic E-state index is 0.00156. The molecule has 0 saturated carbocycles. The van der Waals surface area contributed by atoms with Crippen LogP contribution in [0, 0.1) is 12.8 Å². The predicted octanol–water partition coefficient (Wildman–Crippen LogP) is 1.84. The molecule has 2 fully saturated rings. The number of aliphatic imine (C=N–C) groups is 1. The number of amides is 1. The van der Waals surface area contributed by atoms with Gasteiger partial charge in [0.2, 0.25) is 5.91 Å². The Balaban J connectivity index is 1.63. The summed E-state index contributed by atoms with van der Waals surface area (Å²) in [5.41, 5.74) is 2.42. The van der Waals surface area contributed by atoms with Gasteiger partial charge in [-0.2, -0.15) is 0 Å². The average molecular weight is 422 g/mol. The topological polar surface area (TPSA) is 60.4 Å². The maximum atomic E-state index is 12.0. The van der Waals surface area contributed by atoms with Gasteiger partial charge in [0.25, 0.3) is 0 Å². The number of aryl methyl sites for hydroxylation is 1. The van der Waals surface area contributed by atoms with Gasteiger partial charge in [0, 0.05) is 70.1 Å². The van der Waals surface area contributed by atoms with Crippen LogP contribution >= 0.6 is 11.6 Å². The number of ether oxygens (including phenoxy) is 1. The van der Waals surface area contributed by atoms with Crippen molar-refractivity contribution < 1.29 is 9.53 Å². The molecular formula is C21H32ClN5O2. The summed E-state index contributed by atoms with van der Waals surface area (Å²) in [5, 5.41) is 4.25. The summed E-state index contributed by atoms with van der Waals surface area (Å²) in [6, 6.07) is 6.03. The zero-order valence-electron chi connectivity index (χ0n) is 17.7. The lowest BCUT2D eigenvalue weighted by Crippen LogP contribution is -2.53. The highest BCUT2D eigenvalue weighted by Crippen LogP contribution is 2.25. The van der Waals surface area contributed by atoms with Crippen molar-refractivity contribution in [3.63, 3.8) is 0 Å². The third-order valence-corrected chi connectivity index (χ3v) is 5.76. The molecule has 1 atom stereocenters. The van der Waals surface area contributed by atoms with Gasteiger partial charge in [0.15, 0.2) is 5.96 Å². The summed E-state index contributed by atoms with van der Waals surface area (Å²) < 4.78 is 5.48. The molecule has 1 N–H and O–H groups in total. The number of benzene rings is 1. The third-order valence-electron chi connectivity index (χ3n) is 5.53. The second kappa shape index (κ2) is 10.2. The first-order valence-corrected chi connectivity index (χ1v) is 10.6. The van der Waals surface area contributed by atoms with Gasteiger partial charge in [0.05, 0.1) is 6.61 Å². The fourth-order valence-electron chi connectivity index (χ4n) is 3.61. The molecule has 0 bridgehead atoms. The average Bonchev–Trinajstić information content (AvgIpc) is 3.23. The van der Waals surface area contributed by atoms with Crippen molar-refractivity contribution in [3.05, 3.63) is 28.8 Å². The van der Waals surface area contributed by atoms with Gasteiger partial charge in [-0.25, -0.2) is 4.99 Å². The maximum Gasteiger partial charge on any atom is 0.243 e. The number of halogens is 1. The smallest absolute Gasteiger partial charge is 0.243 e. The van der Waals surface area contributed by atoms with Crippen LogP contribution in [0.1, 0.15) is 12.0 Å². The van der Waals surface area contributed by atoms with Crippen LogP contribution in [0.15, 0.2) is 23.2 Å². The van der Waals surface area contributed by atoms with E-state index in [1.807, 2.05) is 12.1 Å². The molecule has 2 aliphatic rings. The Labute approximate surface area is 178 Å². The summed E-state index contributed by atoms with van der Waals surface area (Å²) in [5.74, 6) is 1.32. The van der Waals surface area contributed by atoms with Crippen molar-refractivity contribution in [2.24, 2.45) is 10.9 Å². The van der Waals surface area contributed by atoms with E-state index in [2.05, 4.69) is 33.1 Å². The Morgan fingerprint density at radius 3 is 2.72 bits per heavy atom. The van der Waals surface area contributed by atoms with Crippen molar-refractivity contribution in [2.75, 3.05) is 71.5 Å². The molecule has 7 nitrogen and oxygen atoms in total. The number of hydrogen-bond donors (Lipinski definition) is 1. The molecule has 0 radical (unpaired) electrons. The first-order valence-electron chi connectivity index (χ1n) is 10.3. The molecule has 29 heavy (non-hydrogen) atoms. The van der Waals surface area contributed by atoms with Gasteiger partial charge in [-0.05, 0) is 31.0 Å². The van der Waals surface area contributed by atoms with Crippen molar-refractivity contribution >= 4 is 29.2 Å². The van der Waals surface area contributed by atoms with E-state index in [9.17, 15) is 4.79 Å². The number of rotatable bonds is 5. The molecule has 1 aromatic carbocycles. The van der Waals surface area contributed by atoms with Crippen molar-refractivity contribution in [1.82, 2.24) is 15.1 Å². The Morgan fingerprint density at radius 1 is 1.31 bits per heavy atom. The lowest BCUT2D eigenvalue weighted by atomic mass is 10.1. The number of carbonyl (C=O) groups excluding carboxylic acids is 1. The molecule has 0 aliphatic carbocycles. The zero-order chi connectivity index (χ0) is 20.8. The van der Waals surface area contributed by atoms with Gasteiger partial charge in [0.1, 0.15) is 6.54 Å². The molecule has 2 heterocycles. The minimum Gasteiger partial charge on any atom is -0.381 e. The molecule has 1 aromatic rings. The Kier molecular flexibility index (Phi) is 7.61. The van der Waals surface area contributed by atoms with Crippen molar-refractivity contribution in [3.8, 4) is 0 Å². The lowest BCUT2D eigenvalue weighted by molar-refractivity contribution is -0.127. The first-order chi connectivity index (χ1) is 13.9. The van der Waals surface area contributed by atoms with Crippen LogP contribution in [0.25, 0.3) is 0 Å². The normalized spacial score (nSPS) is 20.1. The number of likely N-dealkylation sites (N-methyl/N-ethyl adjacent to an activating group) is 1. The summed E-state index contributed by atoms with van der Waals surface area (Å²) in [6.45, 7) is 8.17. The Hall–Kier alpha value is -1.99. The molecule has 1 amide bonds. The van der Waals surface area contributed by atoms with E-state index in [1.165, 1.54) is 11.3 Å².